The van der Waals surface area contributed by atoms with Gasteiger partial charge >= 0.3 is 6.03 Å². The van der Waals surface area contributed by atoms with Crippen LogP contribution in [-0.2, 0) is 0 Å². The number of hydrogen-bond donors (Lipinski definition) is 1. The van der Waals surface area contributed by atoms with Crippen molar-refractivity contribution in [2.24, 2.45) is 0 Å². The van der Waals surface area contributed by atoms with E-state index in [1.165, 1.54) is 0 Å². The summed E-state index contributed by atoms with van der Waals surface area (Å²) in [5, 5.41) is 3.98. The number of piperidine rings is 1. The molecule has 1 N–H and O–H groups in total. The fraction of sp³-hybridized carbons (Fsp3) is 0.429. The highest BCUT2D eigenvalue weighted by Crippen LogP contribution is 2.37. The Morgan fingerprint density at radius 1 is 1.25 bits per heavy atom. The average Bonchev–Trinajstić information content (AvgIpc) is 2.70. The SMILES string of the molecule is CC(NC(=O)N(C)C1CCN(C)CC1)c1ccc(-c2cccnc2)c(Cl)c1Cl. The molecule has 3 rings (SSSR count). The highest BCUT2D eigenvalue weighted by atomic mass is 35.5. The summed E-state index contributed by atoms with van der Waals surface area (Å²) >= 11 is 13.1. The molecule has 0 spiro atoms. The summed E-state index contributed by atoms with van der Waals surface area (Å²) in [6, 6.07) is 7.54. The smallest absolute Gasteiger partial charge is 0.317 e. The molecule has 2 heterocycles. The molecule has 0 bridgehead atoms. The lowest BCUT2D eigenvalue weighted by atomic mass is 10.0. The van der Waals surface area contributed by atoms with Crippen LogP contribution in [0.15, 0.2) is 36.7 Å². The molecular weight excluding hydrogens is 395 g/mol. The molecule has 2 aromatic rings. The van der Waals surface area contributed by atoms with Gasteiger partial charge in [-0.15, -0.1) is 0 Å². The molecule has 7 heteroatoms. The summed E-state index contributed by atoms with van der Waals surface area (Å²) in [4.78, 5) is 20.9. The molecule has 1 fully saturated rings. The molecule has 0 saturated carbocycles. The molecule has 1 aliphatic rings. The molecule has 1 saturated heterocycles. The maximum absolute atomic E-state index is 12.7. The van der Waals surface area contributed by atoms with Crippen LogP contribution >= 0.6 is 23.2 Å². The van der Waals surface area contributed by atoms with Crippen molar-refractivity contribution in [3.8, 4) is 11.1 Å². The van der Waals surface area contributed by atoms with Crippen LogP contribution in [0.5, 0.6) is 0 Å². The number of rotatable bonds is 4. The van der Waals surface area contributed by atoms with E-state index in [9.17, 15) is 4.79 Å². The van der Waals surface area contributed by atoms with Crippen molar-refractivity contribution in [1.29, 1.82) is 0 Å². The molecule has 0 aliphatic carbocycles. The molecule has 0 radical (unpaired) electrons. The summed E-state index contributed by atoms with van der Waals surface area (Å²) in [5.41, 5.74) is 2.52. The van der Waals surface area contributed by atoms with Gasteiger partial charge in [0.25, 0.3) is 0 Å². The number of carbonyl (C=O) groups is 1. The third-order valence-corrected chi connectivity index (χ3v) is 6.34. The van der Waals surface area contributed by atoms with Crippen molar-refractivity contribution in [3.05, 3.63) is 52.3 Å². The molecule has 1 aliphatic heterocycles. The summed E-state index contributed by atoms with van der Waals surface area (Å²) in [5.74, 6) is 0. The Balaban J connectivity index is 1.71. The number of urea groups is 1. The van der Waals surface area contributed by atoms with Gasteiger partial charge in [-0.05, 0) is 51.5 Å². The van der Waals surface area contributed by atoms with E-state index >= 15 is 0 Å². The fourth-order valence-electron chi connectivity index (χ4n) is 3.56. The first kappa shape index (κ1) is 20.9. The van der Waals surface area contributed by atoms with Crippen LogP contribution in [0.2, 0.25) is 10.0 Å². The van der Waals surface area contributed by atoms with E-state index < -0.39 is 0 Å². The third-order valence-electron chi connectivity index (χ3n) is 5.45. The van der Waals surface area contributed by atoms with Gasteiger partial charge < -0.3 is 15.1 Å². The first-order valence-electron chi connectivity index (χ1n) is 9.48. The Labute approximate surface area is 176 Å². The number of aromatic nitrogens is 1. The lowest BCUT2D eigenvalue weighted by Gasteiger charge is -2.35. The molecular formula is C21H26Cl2N4O. The van der Waals surface area contributed by atoms with E-state index in [1.807, 2.05) is 43.1 Å². The summed E-state index contributed by atoms with van der Waals surface area (Å²) in [6.07, 6.45) is 5.44. The van der Waals surface area contributed by atoms with Crippen LogP contribution in [0.3, 0.4) is 0 Å². The number of pyridine rings is 1. The quantitative estimate of drug-likeness (QED) is 0.768. The Hall–Kier alpha value is -1.82. The molecule has 1 unspecified atom stereocenters. The second kappa shape index (κ2) is 9.12. The fourth-order valence-corrected chi connectivity index (χ4v) is 4.17. The zero-order valence-electron chi connectivity index (χ0n) is 16.5. The van der Waals surface area contributed by atoms with Gasteiger partial charge in [0, 0.05) is 36.6 Å². The minimum absolute atomic E-state index is 0.0921. The lowest BCUT2D eigenvalue weighted by molar-refractivity contribution is 0.146. The van der Waals surface area contributed by atoms with Gasteiger partial charge in [0.05, 0.1) is 16.1 Å². The number of nitrogens with zero attached hydrogens (tertiary/aromatic N) is 3. The number of nitrogens with one attached hydrogen (secondary N) is 1. The van der Waals surface area contributed by atoms with Gasteiger partial charge in [-0.1, -0.05) is 41.4 Å². The average molecular weight is 421 g/mol. The number of benzene rings is 1. The van der Waals surface area contributed by atoms with Gasteiger partial charge in [-0.25, -0.2) is 4.79 Å². The highest BCUT2D eigenvalue weighted by molar-refractivity contribution is 6.44. The summed E-state index contributed by atoms with van der Waals surface area (Å²) < 4.78 is 0. The second-order valence-electron chi connectivity index (χ2n) is 7.39. The predicted molar refractivity (Wildman–Crippen MR) is 115 cm³/mol. The second-order valence-corrected chi connectivity index (χ2v) is 8.14. The maximum atomic E-state index is 12.7. The van der Waals surface area contributed by atoms with E-state index in [4.69, 9.17) is 23.2 Å². The minimum Gasteiger partial charge on any atom is -0.331 e. The van der Waals surface area contributed by atoms with Gasteiger partial charge in [-0.2, -0.15) is 0 Å². The van der Waals surface area contributed by atoms with E-state index in [2.05, 4.69) is 22.2 Å². The molecule has 1 aromatic heterocycles. The third kappa shape index (κ3) is 4.59. The number of carbonyl (C=O) groups excluding carboxylic acids is 1. The molecule has 150 valence electrons. The first-order valence-corrected chi connectivity index (χ1v) is 10.2. The Morgan fingerprint density at radius 2 is 1.96 bits per heavy atom. The Morgan fingerprint density at radius 3 is 2.61 bits per heavy atom. The van der Waals surface area contributed by atoms with E-state index in [0.29, 0.717) is 10.0 Å². The van der Waals surface area contributed by atoms with Crippen LogP contribution in [0, 0.1) is 0 Å². The number of halogens is 2. The zero-order chi connectivity index (χ0) is 20.3. The standard InChI is InChI=1S/C21H26Cl2N4O/c1-14(25-21(28)27(3)16-8-11-26(2)12-9-16)17-6-7-18(20(23)19(17)22)15-5-4-10-24-13-15/h4-7,10,13-14,16H,8-9,11-12H2,1-3H3,(H,25,28). The number of hydrogen-bond acceptors (Lipinski definition) is 3. The van der Waals surface area contributed by atoms with Gasteiger partial charge in [0.2, 0.25) is 0 Å². The number of likely N-dealkylation sites (tertiary alicyclic amines) is 1. The van der Waals surface area contributed by atoms with Gasteiger partial charge in [-0.3, -0.25) is 4.98 Å². The van der Waals surface area contributed by atoms with Crippen LogP contribution in [0.1, 0.15) is 31.4 Å². The minimum atomic E-state index is -0.255. The van der Waals surface area contributed by atoms with Crippen LogP contribution in [0.4, 0.5) is 4.79 Å². The number of amides is 2. The first-order chi connectivity index (χ1) is 13.4. The largest absolute Gasteiger partial charge is 0.331 e. The lowest BCUT2D eigenvalue weighted by Crippen LogP contribution is -2.48. The highest BCUT2D eigenvalue weighted by Gasteiger charge is 2.25. The van der Waals surface area contributed by atoms with E-state index in [1.54, 1.807) is 12.4 Å². The van der Waals surface area contributed by atoms with Crippen molar-refractivity contribution in [3.63, 3.8) is 0 Å². The predicted octanol–water partition coefficient (Wildman–Crippen LogP) is 4.85. The van der Waals surface area contributed by atoms with Crippen molar-refractivity contribution in [2.75, 3.05) is 27.2 Å². The maximum Gasteiger partial charge on any atom is 0.317 e. The zero-order valence-corrected chi connectivity index (χ0v) is 18.0. The summed E-state index contributed by atoms with van der Waals surface area (Å²) in [6.45, 7) is 3.94. The van der Waals surface area contributed by atoms with Gasteiger partial charge in [0.1, 0.15) is 0 Å². The Bertz CT molecular complexity index is 823. The van der Waals surface area contributed by atoms with Crippen LogP contribution < -0.4 is 5.32 Å². The van der Waals surface area contributed by atoms with Gasteiger partial charge in [0.15, 0.2) is 0 Å². The topological polar surface area (TPSA) is 48.5 Å². The summed E-state index contributed by atoms with van der Waals surface area (Å²) in [7, 11) is 3.97. The normalized spacial score (nSPS) is 16.6. The molecule has 28 heavy (non-hydrogen) atoms. The van der Waals surface area contributed by atoms with Crippen molar-refractivity contribution in [1.82, 2.24) is 20.1 Å². The molecule has 5 nitrogen and oxygen atoms in total. The van der Waals surface area contributed by atoms with E-state index in [0.717, 1.165) is 42.6 Å². The van der Waals surface area contributed by atoms with Crippen molar-refractivity contribution >= 4 is 29.2 Å². The van der Waals surface area contributed by atoms with Crippen LogP contribution in [0.25, 0.3) is 11.1 Å². The monoisotopic (exact) mass is 420 g/mol. The Kier molecular flexibility index (Phi) is 6.81. The molecule has 1 aromatic carbocycles. The van der Waals surface area contributed by atoms with E-state index in [-0.39, 0.29) is 18.1 Å². The van der Waals surface area contributed by atoms with Crippen LogP contribution in [-0.4, -0.2) is 54.0 Å². The van der Waals surface area contributed by atoms with Crippen molar-refractivity contribution < 1.29 is 4.79 Å². The molecule has 2 amide bonds. The molecule has 1 atom stereocenters. The van der Waals surface area contributed by atoms with Crippen molar-refractivity contribution in [2.45, 2.75) is 31.8 Å².